The molecule has 0 aromatic carbocycles. The molecule has 2 saturated carbocycles. The van der Waals surface area contributed by atoms with Gasteiger partial charge in [0.2, 0.25) is 0 Å². The van der Waals surface area contributed by atoms with Gasteiger partial charge in [0.1, 0.15) is 0 Å². The SMILES string of the molecule is CCCCS/C=C1\CC[C@H]2C(C)(C)CCC[C@]2(C)C1=O. The van der Waals surface area contributed by atoms with Crippen LogP contribution >= 0.6 is 11.8 Å². The number of Topliss-reactive ketones (excluding diaryl/α,β-unsaturated/α-hetero) is 1. The number of allylic oxidation sites excluding steroid dienone is 1. The van der Waals surface area contributed by atoms with Crippen molar-refractivity contribution in [2.75, 3.05) is 5.75 Å². The van der Waals surface area contributed by atoms with Gasteiger partial charge in [-0.3, -0.25) is 4.79 Å². The van der Waals surface area contributed by atoms with E-state index in [0.29, 0.717) is 17.1 Å². The van der Waals surface area contributed by atoms with Gasteiger partial charge in [-0.2, -0.15) is 0 Å². The van der Waals surface area contributed by atoms with Crippen molar-refractivity contribution in [3.63, 3.8) is 0 Å². The predicted molar refractivity (Wildman–Crippen MR) is 88.9 cm³/mol. The van der Waals surface area contributed by atoms with Crippen molar-refractivity contribution in [2.24, 2.45) is 16.7 Å². The summed E-state index contributed by atoms with van der Waals surface area (Å²) in [7, 11) is 0. The highest BCUT2D eigenvalue weighted by molar-refractivity contribution is 8.02. The Kier molecular flexibility index (Phi) is 5.05. The van der Waals surface area contributed by atoms with E-state index in [1.165, 1.54) is 32.1 Å². The second-order valence-electron chi connectivity index (χ2n) is 7.55. The van der Waals surface area contributed by atoms with Crippen LogP contribution in [0.3, 0.4) is 0 Å². The number of hydrogen-bond donors (Lipinski definition) is 0. The van der Waals surface area contributed by atoms with Crippen molar-refractivity contribution in [3.05, 3.63) is 11.0 Å². The van der Waals surface area contributed by atoms with Gasteiger partial charge in [0.05, 0.1) is 0 Å². The highest BCUT2D eigenvalue weighted by Gasteiger charge is 2.53. The summed E-state index contributed by atoms with van der Waals surface area (Å²) in [4.78, 5) is 13.0. The number of carbonyl (C=O) groups is 1. The maximum Gasteiger partial charge on any atom is 0.165 e. The Hall–Kier alpha value is -0.240. The second kappa shape index (κ2) is 6.25. The third-order valence-corrected chi connectivity index (χ3v) is 6.56. The molecule has 0 heterocycles. The van der Waals surface area contributed by atoms with E-state index in [0.717, 1.165) is 24.2 Å². The summed E-state index contributed by atoms with van der Waals surface area (Å²) < 4.78 is 0. The molecule has 0 aliphatic heterocycles. The number of unbranched alkanes of at least 4 members (excludes halogenated alkanes) is 1. The summed E-state index contributed by atoms with van der Waals surface area (Å²) in [6.45, 7) is 9.19. The number of carbonyl (C=O) groups excluding carboxylic acids is 1. The van der Waals surface area contributed by atoms with Gasteiger partial charge in [0, 0.05) is 11.0 Å². The van der Waals surface area contributed by atoms with E-state index < -0.39 is 0 Å². The number of thioether (sulfide) groups is 1. The van der Waals surface area contributed by atoms with Crippen LogP contribution in [0.15, 0.2) is 11.0 Å². The number of fused-ring (bicyclic) bond motifs is 1. The summed E-state index contributed by atoms with van der Waals surface area (Å²) >= 11 is 1.84. The maximum atomic E-state index is 13.0. The summed E-state index contributed by atoms with van der Waals surface area (Å²) in [6, 6.07) is 0. The standard InChI is InChI=1S/C18H30OS/c1-5-6-12-20-13-14-8-9-15-17(2,3)10-7-11-18(15,4)16(14)19/h13,15H,5-12H2,1-4H3/b14-13+/t15-,18-/m0/s1. The molecule has 20 heavy (non-hydrogen) atoms. The molecule has 0 saturated heterocycles. The average Bonchev–Trinajstić information content (AvgIpc) is 2.38. The Morgan fingerprint density at radius 3 is 2.75 bits per heavy atom. The zero-order chi connectivity index (χ0) is 14.8. The topological polar surface area (TPSA) is 17.1 Å². The van der Waals surface area contributed by atoms with Gasteiger partial charge in [-0.25, -0.2) is 0 Å². The lowest BCUT2D eigenvalue weighted by Crippen LogP contribution is -2.49. The summed E-state index contributed by atoms with van der Waals surface area (Å²) in [5.74, 6) is 2.19. The first-order valence-electron chi connectivity index (χ1n) is 8.27. The number of hydrogen-bond acceptors (Lipinski definition) is 2. The van der Waals surface area contributed by atoms with E-state index >= 15 is 0 Å². The van der Waals surface area contributed by atoms with Crippen LogP contribution in [0.1, 0.15) is 72.6 Å². The molecule has 0 bridgehead atoms. The molecule has 2 rings (SSSR count). The molecule has 0 amide bonds. The smallest absolute Gasteiger partial charge is 0.165 e. The van der Waals surface area contributed by atoms with Crippen molar-refractivity contribution in [2.45, 2.75) is 72.6 Å². The average molecular weight is 295 g/mol. The lowest BCUT2D eigenvalue weighted by Gasteiger charge is -2.52. The summed E-state index contributed by atoms with van der Waals surface area (Å²) in [5.41, 5.74) is 1.36. The molecule has 2 aliphatic carbocycles. The van der Waals surface area contributed by atoms with Crippen molar-refractivity contribution < 1.29 is 4.79 Å². The van der Waals surface area contributed by atoms with E-state index in [1.807, 2.05) is 11.8 Å². The third-order valence-electron chi connectivity index (χ3n) is 5.58. The molecule has 0 unspecified atom stereocenters. The van der Waals surface area contributed by atoms with Gasteiger partial charge in [-0.05, 0) is 54.6 Å². The first-order valence-corrected chi connectivity index (χ1v) is 9.32. The highest BCUT2D eigenvalue weighted by Crippen LogP contribution is 2.57. The molecule has 0 radical (unpaired) electrons. The van der Waals surface area contributed by atoms with E-state index in [2.05, 4.69) is 33.1 Å². The largest absolute Gasteiger partial charge is 0.294 e. The first-order chi connectivity index (χ1) is 9.42. The molecule has 0 aromatic rings. The van der Waals surface area contributed by atoms with E-state index in [1.54, 1.807) is 0 Å². The molecular formula is C18H30OS. The van der Waals surface area contributed by atoms with Crippen LogP contribution in [-0.4, -0.2) is 11.5 Å². The van der Waals surface area contributed by atoms with Crippen molar-refractivity contribution >= 4 is 17.5 Å². The molecule has 0 aromatic heterocycles. The van der Waals surface area contributed by atoms with Crippen LogP contribution in [-0.2, 0) is 4.79 Å². The fourth-order valence-electron chi connectivity index (χ4n) is 4.38. The molecular weight excluding hydrogens is 264 g/mol. The maximum absolute atomic E-state index is 13.0. The molecule has 2 fully saturated rings. The minimum atomic E-state index is -0.0862. The first kappa shape index (κ1) is 16.1. The van der Waals surface area contributed by atoms with Crippen LogP contribution < -0.4 is 0 Å². The zero-order valence-corrected chi connectivity index (χ0v) is 14.4. The molecule has 2 heteroatoms. The van der Waals surface area contributed by atoms with Crippen molar-refractivity contribution in [1.29, 1.82) is 0 Å². The Morgan fingerprint density at radius 2 is 2.05 bits per heavy atom. The Balaban J connectivity index is 2.11. The predicted octanol–water partition coefficient (Wildman–Crippen LogP) is 5.60. The second-order valence-corrected chi connectivity index (χ2v) is 8.52. The van der Waals surface area contributed by atoms with Gasteiger partial charge in [-0.1, -0.05) is 40.5 Å². The zero-order valence-electron chi connectivity index (χ0n) is 13.6. The van der Waals surface area contributed by atoms with E-state index in [4.69, 9.17) is 0 Å². The molecule has 2 aliphatic rings. The lowest BCUT2D eigenvalue weighted by molar-refractivity contribution is -0.137. The molecule has 1 nitrogen and oxygen atoms in total. The molecule has 114 valence electrons. The number of ketones is 1. The Morgan fingerprint density at radius 1 is 1.30 bits per heavy atom. The molecule has 2 atom stereocenters. The number of rotatable bonds is 4. The Bertz CT molecular complexity index is 396. The van der Waals surface area contributed by atoms with Crippen LogP contribution in [0.4, 0.5) is 0 Å². The van der Waals surface area contributed by atoms with Crippen LogP contribution in [0.2, 0.25) is 0 Å². The minimum Gasteiger partial charge on any atom is -0.294 e. The highest BCUT2D eigenvalue weighted by atomic mass is 32.2. The van der Waals surface area contributed by atoms with Crippen molar-refractivity contribution in [3.8, 4) is 0 Å². The van der Waals surface area contributed by atoms with Gasteiger partial charge in [-0.15, -0.1) is 11.8 Å². The van der Waals surface area contributed by atoms with Gasteiger partial charge < -0.3 is 0 Å². The van der Waals surface area contributed by atoms with Crippen molar-refractivity contribution in [1.82, 2.24) is 0 Å². The normalized spacial score (nSPS) is 35.1. The van der Waals surface area contributed by atoms with E-state index in [-0.39, 0.29) is 5.41 Å². The summed E-state index contributed by atoms with van der Waals surface area (Å²) in [5, 5.41) is 2.18. The quantitative estimate of drug-likeness (QED) is 0.496. The van der Waals surface area contributed by atoms with Gasteiger partial charge in [0.15, 0.2) is 5.78 Å². The van der Waals surface area contributed by atoms with Crippen LogP contribution in [0.25, 0.3) is 0 Å². The monoisotopic (exact) mass is 294 g/mol. The molecule has 0 spiro atoms. The Labute approximate surface area is 129 Å². The third kappa shape index (κ3) is 3.00. The fraction of sp³-hybridized carbons (Fsp3) is 0.833. The minimum absolute atomic E-state index is 0.0862. The molecule has 0 N–H and O–H groups in total. The van der Waals surface area contributed by atoms with E-state index in [9.17, 15) is 4.79 Å². The van der Waals surface area contributed by atoms with Gasteiger partial charge >= 0.3 is 0 Å². The fourth-order valence-corrected chi connectivity index (χ4v) is 5.38. The van der Waals surface area contributed by atoms with Gasteiger partial charge in [0.25, 0.3) is 0 Å². The van der Waals surface area contributed by atoms with Crippen LogP contribution in [0, 0.1) is 16.7 Å². The summed E-state index contributed by atoms with van der Waals surface area (Å²) in [6.07, 6.45) is 8.27. The van der Waals surface area contributed by atoms with Crippen LogP contribution in [0.5, 0.6) is 0 Å². The lowest BCUT2D eigenvalue weighted by atomic mass is 9.51.